The fourth-order valence-corrected chi connectivity index (χ4v) is 3.58. The van der Waals surface area contributed by atoms with Gasteiger partial charge in [-0.1, -0.05) is 18.2 Å². The zero-order valence-electron chi connectivity index (χ0n) is 18.2. The highest BCUT2D eigenvalue weighted by molar-refractivity contribution is 7.80. The maximum Gasteiger partial charge on any atom is 0.341 e. The van der Waals surface area contributed by atoms with Gasteiger partial charge in [0.1, 0.15) is 11.4 Å². The molecule has 8 nitrogen and oxygen atoms in total. The first-order valence-corrected chi connectivity index (χ1v) is 10.6. The number of carboxylic acids is 1. The quantitative estimate of drug-likeness (QED) is 0.244. The number of rotatable bonds is 9. The molecule has 0 bridgehead atoms. The van der Waals surface area contributed by atoms with Crippen LogP contribution in [0.25, 0.3) is 6.08 Å². The maximum absolute atomic E-state index is 14.4. The van der Waals surface area contributed by atoms with Crippen LogP contribution in [0.15, 0.2) is 54.6 Å². The van der Waals surface area contributed by atoms with Gasteiger partial charge in [0.05, 0.1) is 12.3 Å². The number of anilines is 1. The van der Waals surface area contributed by atoms with E-state index in [1.54, 1.807) is 25.1 Å². The van der Waals surface area contributed by atoms with Crippen molar-refractivity contribution in [3.05, 3.63) is 71.6 Å². The van der Waals surface area contributed by atoms with Gasteiger partial charge >= 0.3 is 5.97 Å². The van der Waals surface area contributed by atoms with Crippen LogP contribution in [-0.4, -0.2) is 41.2 Å². The second-order valence-electron chi connectivity index (χ2n) is 7.02. The van der Waals surface area contributed by atoms with Crippen molar-refractivity contribution in [1.82, 2.24) is 5.32 Å². The van der Waals surface area contributed by atoms with E-state index in [2.05, 4.69) is 11.9 Å². The minimum atomic E-state index is -1.16. The van der Waals surface area contributed by atoms with Crippen molar-refractivity contribution < 1.29 is 33.4 Å². The predicted molar refractivity (Wildman–Crippen MR) is 127 cm³/mol. The molecule has 0 saturated carbocycles. The number of para-hydroxylation sites is 1. The number of carbonyl (C=O) groups is 3. The number of halogens is 1. The Labute approximate surface area is 200 Å². The zero-order valence-corrected chi connectivity index (χ0v) is 19.0. The van der Waals surface area contributed by atoms with Crippen molar-refractivity contribution in [3.8, 4) is 11.5 Å². The summed E-state index contributed by atoms with van der Waals surface area (Å²) in [6.45, 7) is 5.11. The summed E-state index contributed by atoms with van der Waals surface area (Å²) >= 11 is 5.10. The van der Waals surface area contributed by atoms with E-state index in [-0.39, 0.29) is 34.5 Å². The number of carboxylic acid groups (broad SMARTS) is 1. The topological polar surface area (TPSA) is 105 Å². The highest BCUT2D eigenvalue weighted by atomic mass is 32.1. The molecule has 0 aromatic heterocycles. The molecule has 10 heteroatoms. The predicted octanol–water partition coefficient (Wildman–Crippen LogP) is 3.25. The molecule has 0 unspecified atom stereocenters. The number of allylic oxidation sites excluding steroid dienone is 1. The van der Waals surface area contributed by atoms with Crippen LogP contribution >= 0.6 is 12.2 Å². The summed E-state index contributed by atoms with van der Waals surface area (Å²) in [6, 6.07) is 8.70. The molecule has 2 N–H and O–H groups in total. The Kier molecular flexibility index (Phi) is 7.75. The molecule has 2 aromatic carbocycles. The lowest BCUT2D eigenvalue weighted by Crippen LogP contribution is -2.54. The fourth-order valence-electron chi connectivity index (χ4n) is 3.31. The number of thiocarbonyl (C=S) groups is 1. The Hall–Kier alpha value is -4.05. The largest absolute Gasteiger partial charge is 0.490 e. The van der Waals surface area contributed by atoms with Crippen molar-refractivity contribution in [3.63, 3.8) is 0 Å². The van der Waals surface area contributed by atoms with E-state index in [0.717, 1.165) is 4.90 Å². The number of amides is 2. The summed E-state index contributed by atoms with van der Waals surface area (Å²) in [5.74, 6) is -2.92. The number of hydrogen-bond donors (Lipinski definition) is 2. The van der Waals surface area contributed by atoms with Gasteiger partial charge in [-0.2, -0.15) is 0 Å². The average molecular weight is 485 g/mol. The summed E-state index contributed by atoms with van der Waals surface area (Å²) in [5.41, 5.74) is 0.577. The molecule has 1 heterocycles. The normalized spacial score (nSPS) is 14.7. The fraction of sp³-hybridized carbons (Fsp3) is 0.167. The maximum atomic E-state index is 14.4. The summed E-state index contributed by atoms with van der Waals surface area (Å²) in [5, 5.41) is 11.2. The molecule has 1 aliphatic rings. The first-order chi connectivity index (χ1) is 16.3. The number of nitrogens with one attached hydrogen (secondary N) is 1. The van der Waals surface area contributed by atoms with Gasteiger partial charge in [0.15, 0.2) is 23.2 Å². The van der Waals surface area contributed by atoms with Gasteiger partial charge < -0.3 is 14.6 Å². The average Bonchev–Trinajstić information content (AvgIpc) is 2.77. The van der Waals surface area contributed by atoms with E-state index in [1.807, 2.05) is 0 Å². The molecular formula is C24H21FN2O6S. The van der Waals surface area contributed by atoms with Crippen molar-refractivity contribution in [2.24, 2.45) is 0 Å². The molecule has 2 amide bonds. The lowest BCUT2D eigenvalue weighted by Gasteiger charge is -2.29. The Morgan fingerprint density at radius 3 is 2.65 bits per heavy atom. The van der Waals surface area contributed by atoms with E-state index in [1.165, 1.54) is 30.3 Å². The summed E-state index contributed by atoms with van der Waals surface area (Å²) < 4.78 is 25.4. The molecule has 0 radical (unpaired) electrons. The minimum absolute atomic E-state index is 0.0943. The first-order valence-electron chi connectivity index (χ1n) is 10.2. The molecule has 2 aromatic rings. The Morgan fingerprint density at radius 1 is 1.26 bits per heavy atom. The van der Waals surface area contributed by atoms with Crippen LogP contribution in [0.3, 0.4) is 0 Å². The summed E-state index contributed by atoms with van der Waals surface area (Å²) in [7, 11) is 0. The molecule has 0 aliphatic carbocycles. The van der Waals surface area contributed by atoms with Gasteiger partial charge in [0, 0.05) is 5.56 Å². The van der Waals surface area contributed by atoms with Crippen molar-refractivity contribution in [1.29, 1.82) is 0 Å². The minimum Gasteiger partial charge on any atom is -0.490 e. The van der Waals surface area contributed by atoms with Crippen LogP contribution in [0.4, 0.5) is 10.1 Å². The van der Waals surface area contributed by atoms with Gasteiger partial charge in [-0.05, 0) is 61.5 Å². The standard InChI is InChI=1S/C24H21FN2O6S/c1-3-7-15-10-14(12-19(32-4-2)21(15)33-13-20(28)29)11-16-22(30)26-24(34)27(23(16)31)18-9-6-5-8-17(18)25/h3,5-6,8-12H,1,4,7,13H2,2H3,(H,28,29)(H,26,30,34)/b16-11+. The smallest absolute Gasteiger partial charge is 0.341 e. The van der Waals surface area contributed by atoms with Crippen LogP contribution in [0.2, 0.25) is 0 Å². The van der Waals surface area contributed by atoms with Crippen molar-refractivity contribution in [2.45, 2.75) is 13.3 Å². The summed E-state index contributed by atoms with van der Waals surface area (Å²) in [6.07, 6.45) is 3.22. The lowest BCUT2D eigenvalue weighted by atomic mass is 10.0. The molecule has 34 heavy (non-hydrogen) atoms. The van der Waals surface area contributed by atoms with E-state index < -0.39 is 30.2 Å². The van der Waals surface area contributed by atoms with Gasteiger partial charge in [-0.3, -0.25) is 14.9 Å². The second kappa shape index (κ2) is 10.7. The van der Waals surface area contributed by atoms with Gasteiger partial charge in [0.25, 0.3) is 11.8 Å². The van der Waals surface area contributed by atoms with Crippen LogP contribution in [0.5, 0.6) is 11.5 Å². The molecule has 176 valence electrons. The van der Waals surface area contributed by atoms with Crippen LogP contribution < -0.4 is 19.7 Å². The van der Waals surface area contributed by atoms with Crippen molar-refractivity contribution >= 4 is 46.9 Å². The number of nitrogens with zero attached hydrogens (tertiary/aromatic N) is 1. The third-order valence-corrected chi connectivity index (χ3v) is 4.95. The van der Waals surface area contributed by atoms with Gasteiger partial charge in [0.2, 0.25) is 0 Å². The monoisotopic (exact) mass is 484 g/mol. The Balaban J connectivity index is 2.09. The molecule has 1 saturated heterocycles. The Morgan fingerprint density at radius 2 is 2.00 bits per heavy atom. The first kappa shape index (κ1) is 24.6. The highest BCUT2D eigenvalue weighted by Crippen LogP contribution is 2.35. The van der Waals surface area contributed by atoms with Gasteiger partial charge in [-0.15, -0.1) is 6.58 Å². The number of benzene rings is 2. The molecular weight excluding hydrogens is 463 g/mol. The zero-order chi connectivity index (χ0) is 24.8. The van der Waals surface area contributed by atoms with E-state index in [9.17, 15) is 18.8 Å². The Bertz CT molecular complexity index is 1210. The third-order valence-electron chi connectivity index (χ3n) is 4.66. The van der Waals surface area contributed by atoms with Gasteiger partial charge in [-0.25, -0.2) is 14.1 Å². The van der Waals surface area contributed by atoms with Crippen LogP contribution in [0.1, 0.15) is 18.1 Å². The summed E-state index contributed by atoms with van der Waals surface area (Å²) in [4.78, 5) is 37.7. The number of aliphatic carboxylic acids is 1. The molecule has 1 fully saturated rings. The molecule has 3 rings (SSSR count). The number of ether oxygens (including phenoxy) is 2. The molecule has 1 aliphatic heterocycles. The van der Waals surface area contributed by atoms with E-state index in [0.29, 0.717) is 17.5 Å². The third kappa shape index (κ3) is 5.29. The van der Waals surface area contributed by atoms with Crippen LogP contribution in [0, 0.1) is 5.82 Å². The van der Waals surface area contributed by atoms with Crippen LogP contribution in [-0.2, 0) is 20.8 Å². The lowest BCUT2D eigenvalue weighted by molar-refractivity contribution is -0.139. The number of carbonyl (C=O) groups excluding carboxylic acids is 2. The van der Waals surface area contributed by atoms with E-state index >= 15 is 0 Å². The highest BCUT2D eigenvalue weighted by Gasteiger charge is 2.35. The van der Waals surface area contributed by atoms with E-state index in [4.69, 9.17) is 26.8 Å². The second-order valence-corrected chi connectivity index (χ2v) is 7.41. The van der Waals surface area contributed by atoms with Crippen molar-refractivity contribution in [2.75, 3.05) is 18.1 Å². The molecule has 0 atom stereocenters. The SMILES string of the molecule is C=CCc1cc(/C=C2\C(=O)NC(=S)N(c3ccccc3F)C2=O)cc(OCC)c1OCC(=O)O. The molecule has 0 spiro atoms. The number of hydrogen-bond acceptors (Lipinski definition) is 6.